The fraction of sp³-hybridized carbons (Fsp3) is 0.444. The molecule has 10 heteroatoms. The van der Waals surface area contributed by atoms with Gasteiger partial charge in [-0.1, -0.05) is 6.07 Å². The van der Waals surface area contributed by atoms with Crippen molar-refractivity contribution in [1.29, 1.82) is 0 Å². The van der Waals surface area contributed by atoms with E-state index < -0.39 is 29.9 Å². The van der Waals surface area contributed by atoms with Crippen LogP contribution in [0.15, 0.2) is 30.5 Å². The van der Waals surface area contributed by atoms with Crippen molar-refractivity contribution in [2.24, 2.45) is 5.41 Å². The normalized spacial score (nSPS) is 15.3. The summed E-state index contributed by atoms with van der Waals surface area (Å²) in [5.74, 6) is -1.79. The fourth-order valence-electron chi connectivity index (χ4n) is 3.59. The summed E-state index contributed by atoms with van der Waals surface area (Å²) >= 11 is 0. The van der Waals surface area contributed by atoms with Gasteiger partial charge in [0.15, 0.2) is 5.69 Å². The van der Waals surface area contributed by atoms with E-state index in [1.54, 1.807) is 52.8 Å². The number of benzene rings is 1. The number of hydrogen-bond acceptors (Lipinski definition) is 7. The molecule has 0 atom stereocenters. The van der Waals surface area contributed by atoms with Crippen molar-refractivity contribution in [3.63, 3.8) is 0 Å². The second-order valence-electron chi connectivity index (χ2n) is 10.8. The van der Waals surface area contributed by atoms with Gasteiger partial charge in [-0.15, -0.1) is 0 Å². The van der Waals surface area contributed by atoms with Gasteiger partial charge < -0.3 is 20.1 Å². The van der Waals surface area contributed by atoms with Crippen LogP contribution in [0.1, 0.15) is 72.4 Å². The van der Waals surface area contributed by atoms with E-state index in [1.807, 2.05) is 0 Å². The first-order valence-electron chi connectivity index (χ1n) is 13.5. The van der Waals surface area contributed by atoms with Gasteiger partial charge in [0.1, 0.15) is 11.2 Å². The number of rotatable bonds is 8. The van der Waals surface area contributed by atoms with E-state index in [0.29, 0.717) is 27.7 Å². The van der Waals surface area contributed by atoms with Crippen molar-refractivity contribution in [2.45, 2.75) is 59.1 Å². The Hall–Kier alpha value is -3.95. The zero-order valence-electron chi connectivity index (χ0n) is 24.5. The van der Waals surface area contributed by atoms with Crippen LogP contribution in [0.3, 0.4) is 0 Å². The maximum absolute atomic E-state index is 13.2. The summed E-state index contributed by atoms with van der Waals surface area (Å²) in [5, 5.41) is 13.2. The first kappa shape index (κ1) is 22.3. The van der Waals surface area contributed by atoms with Crippen molar-refractivity contribution in [1.82, 2.24) is 25.8 Å². The maximum Gasteiger partial charge on any atom is 0.313 e. The molecule has 0 bridgehead atoms. The van der Waals surface area contributed by atoms with Crippen LogP contribution in [0.2, 0.25) is 0 Å². The van der Waals surface area contributed by atoms with E-state index in [1.165, 1.54) is 12.3 Å². The number of methoxy groups -OCH3 is 1. The van der Waals surface area contributed by atoms with E-state index in [-0.39, 0.29) is 29.9 Å². The van der Waals surface area contributed by atoms with Gasteiger partial charge >= 0.3 is 5.97 Å². The van der Waals surface area contributed by atoms with Crippen LogP contribution in [-0.4, -0.2) is 58.2 Å². The number of carbonyl (C=O) groups excluding carboxylic acids is 3. The van der Waals surface area contributed by atoms with Gasteiger partial charge in [-0.05, 0) is 71.2 Å². The second kappa shape index (κ2) is 9.84. The summed E-state index contributed by atoms with van der Waals surface area (Å²) in [6.07, 6.45) is 3.31. The molecule has 1 saturated carbocycles. The highest BCUT2D eigenvalue weighted by molar-refractivity contribution is 6.05. The van der Waals surface area contributed by atoms with Crippen molar-refractivity contribution in [2.75, 3.05) is 13.6 Å². The number of carbonyl (C=O) groups is 3. The molecule has 1 fully saturated rings. The largest absolute Gasteiger partial charge is 0.480 e. The minimum absolute atomic E-state index is 0.0794. The molecule has 37 heavy (non-hydrogen) atoms. The summed E-state index contributed by atoms with van der Waals surface area (Å²) in [5.41, 5.74) is 0.148. The standard InChI is InChI=1S/C27H33N5O5/c1-26(2,3)37-25(35)27(4,5)14-29-22(33)19-11-16(13-28-24(19)36-6)15-7-10-18-20(12-15)31-32-21(18)23(34)30-17-8-9-17/h7,10-13,17H,8-9,14H2,1-6H3,(H,29,33)(H,30,34)(H,31,32)/i6D3. The number of H-pyrrole nitrogens is 1. The van der Waals surface area contributed by atoms with E-state index in [9.17, 15) is 14.4 Å². The molecule has 0 unspecified atom stereocenters. The number of nitrogens with zero attached hydrogens (tertiary/aromatic N) is 2. The summed E-state index contributed by atoms with van der Waals surface area (Å²) in [4.78, 5) is 42.5. The summed E-state index contributed by atoms with van der Waals surface area (Å²) in [7, 11) is -2.84. The Morgan fingerprint density at radius 2 is 1.86 bits per heavy atom. The van der Waals surface area contributed by atoms with Gasteiger partial charge in [-0.2, -0.15) is 5.10 Å². The summed E-state index contributed by atoms with van der Waals surface area (Å²) in [6, 6.07) is 6.90. The number of aromatic amines is 1. The first-order valence-corrected chi connectivity index (χ1v) is 12.0. The number of amides is 2. The summed E-state index contributed by atoms with van der Waals surface area (Å²) in [6.45, 7) is 8.44. The highest BCUT2D eigenvalue weighted by Crippen LogP contribution is 2.29. The zero-order chi connectivity index (χ0) is 29.5. The highest BCUT2D eigenvalue weighted by Gasteiger charge is 2.33. The molecule has 0 radical (unpaired) electrons. The van der Waals surface area contributed by atoms with Gasteiger partial charge in [-0.3, -0.25) is 19.5 Å². The Labute approximate surface area is 219 Å². The van der Waals surface area contributed by atoms with E-state index in [0.717, 1.165) is 12.8 Å². The van der Waals surface area contributed by atoms with Gasteiger partial charge in [0.05, 0.1) is 22.1 Å². The highest BCUT2D eigenvalue weighted by atomic mass is 16.6. The van der Waals surface area contributed by atoms with Crippen LogP contribution in [0.4, 0.5) is 0 Å². The minimum atomic E-state index is -2.84. The molecule has 2 heterocycles. The number of ether oxygens (including phenoxy) is 2. The molecule has 1 aliphatic rings. The smallest absolute Gasteiger partial charge is 0.313 e. The van der Waals surface area contributed by atoms with Gasteiger partial charge in [0.25, 0.3) is 11.8 Å². The van der Waals surface area contributed by atoms with E-state index in [4.69, 9.17) is 13.6 Å². The lowest BCUT2D eigenvalue weighted by molar-refractivity contribution is -0.165. The molecular weight excluding hydrogens is 474 g/mol. The predicted octanol–water partition coefficient (Wildman–Crippen LogP) is 3.62. The number of aromatic nitrogens is 3. The molecule has 2 amide bonds. The average molecular weight is 511 g/mol. The maximum atomic E-state index is 13.2. The van der Waals surface area contributed by atoms with Crippen LogP contribution in [0.25, 0.3) is 22.0 Å². The fourth-order valence-corrected chi connectivity index (χ4v) is 3.59. The third-order valence-electron chi connectivity index (χ3n) is 5.86. The molecule has 196 valence electrons. The van der Waals surface area contributed by atoms with Gasteiger partial charge in [0.2, 0.25) is 5.88 Å². The average Bonchev–Trinajstić information content (AvgIpc) is 3.55. The Kier molecular flexibility index (Phi) is 5.92. The lowest BCUT2D eigenvalue weighted by Crippen LogP contribution is -2.42. The van der Waals surface area contributed by atoms with Crippen molar-refractivity contribution in [3.05, 3.63) is 41.7 Å². The minimum Gasteiger partial charge on any atom is -0.480 e. The van der Waals surface area contributed by atoms with Crippen LogP contribution in [0.5, 0.6) is 5.88 Å². The quantitative estimate of drug-likeness (QED) is 0.394. The van der Waals surface area contributed by atoms with Crippen molar-refractivity contribution >= 4 is 28.7 Å². The Morgan fingerprint density at radius 3 is 2.54 bits per heavy atom. The molecule has 1 aliphatic carbocycles. The monoisotopic (exact) mass is 510 g/mol. The third kappa shape index (κ3) is 6.07. The van der Waals surface area contributed by atoms with E-state index in [2.05, 4.69) is 25.8 Å². The lowest BCUT2D eigenvalue weighted by Gasteiger charge is -2.28. The van der Waals surface area contributed by atoms with Crippen LogP contribution >= 0.6 is 0 Å². The first-order chi connectivity index (χ1) is 18.5. The molecule has 3 aromatic rings. The molecule has 0 aliphatic heterocycles. The Morgan fingerprint density at radius 1 is 1.11 bits per heavy atom. The number of fused-ring (bicyclic) bond motifs is 1. The molecule has 0 spiro atoms. The topological polar surface area (TPSA) is 135 Å². The lowest BCUT2D eigenvalue weighted by atomic mass is 9.93. The number of esters is 1. The second-order valence-corrected chi connectivity index (χ2v) is 10.8. The Balaban J connectivity index is 1.60. The molecule has 0 saturated heterocycles. The molecule has 4 rings (SSSR count). The zero-order valence-corrected chi connectivity index (χ0v) is 21.5. The van der Waals surface area contributed by atoms with Gasteiger partial charge in [-0.25, -0.2) is 4.98 Å². The van der Waals surface area contributed by atoms with E-state index >= 15 is 0 Å². The Bertz CT molecular complexity index is 1450. The molecule has 1 aromatic carbocycles. The van der Waals surface area contributed by atoms with Crippen molar-refractivity contribution < 1.29 is 28.0 Å². The van der Waals surface area contributed by atoms with Crippen LogP contribution < -0.4 is 15.4 Å². The predicted molar refractivity (Wildman–Crippen MR) is 138 cm³/mol. The van der Waals surface area contributed by atoms with Crippen molar-refractivity contribution in [3.8, 4) is 17.0 Å². The number of nitrogens with one attached hydrogen (secondary N) is 3. The molecule has 3 N–H and O–H groups in total. The third-order valence-corrected chi connectivity index (χ3v) is 5.86. The van der Waals surface area contributed by atoms with Gasteiger partial charge in [0, 0.05) is 29.7 Å². The number of hydrogen-bond donors (Lipinski definition) is 3. The molecule has 10 nitrogen and oxygen atoms in total. The SMILES string of the molecule is [2H]C([2H])([2H])Oc1ncc(-c2ccc3c(C(=O)NC4CC4)n[nH]c3c2)cc1C(=O)NCC(C)(C)C(=O)OC(C)(C)C. The molecule has 2 aromatic heterocycles. The molecular formula is C27H33N5O5. The van der Waals surface area contributed by atoms with Crippen LogP contribution in [0, 0.1) is 5.41 Å². The number of pyridine rings is 1. The van der Waals surface area contributed by atoms with Crippen LogP contribution in [-0.2, 0) is 9.53 Å². The summed E-state index contributed by atoms with van der Waals surface area (Å²) < 4.78 is 32.9.